The van der Waals surface area contributed by atoms with Crippen molar-refractivity contribution in [2.24, 2.45) is 17.3 Å². The summed E-state index contributed by atoms with van der Waals surface area (Å²) in [6, 6.07) is 4.65. The van der Waals surface area contributed by atoms with Gasteiger partial charge in [0, 0.05) is 37.6 Å². The second-order valence-electron chi connectivity index (χ2n) is 8.79. The minimum Gasteiger partial charge on any atom is -0.389 e. The van der Waals surface area contributed by atoms with Crippen LogP contribution in [-0.4, -0.2) is 47.0 Å². The standard InChI is InChI=1S/C21H32N2O2/c1-15-20-5-4-8-22(20)9-10-23(15)12-18(24)14-25-13-16-6-7-17-11-19(16)21(17,2)3/h4-6,8,15,17-19,24H,7,9-14H2,1-3H3/t15-,17+,18-,19-/m1/s1. The maximum atomic E-state index is 10.4. The van der Waals surface area contributed by atoms with Crippen LogP contribution < -0.4 is 0 Å². The molecule has 1 aromatic rings. The van der Waals surface area contributed by atoms with Gasteiger partial charge in [0.25, 0.3) is 0 Å². The molecule has 0 spiro atoms. The molecule has 1 saturated carbocycles. The Hall–Kier alpha value is -1.10. The van der Waals surface area contributed by atoms with E-state index in [1.54, 1.807) is 0 Å². The van der Waals surface area contributed by atoms with E-state index in [4.69, 9.17) is 4.74 Å². The van der Waals surface area contributed by atoms with E-state index in [1.807, 2.05) is 0 Å². The van der Waals surface area contributed by atoms with Crippen molar-refractivity contribution in [2.75, 3.05) is 26.3 Å². The number of hydrogen-bond acceptors (Lipinski definition) is 3. The summed E-state index contributed by atoms with van der Waals surface area (Å²) in [7, 11) is 0. The third kappa shape index (κ3) is 3.09. The molecular formula is C21H32N2O2. The van der Waals surface area contributed by atoms with E-state index < -0.39 is 6.10 Å². The molecule has 0 radical (unpaired) electrons. The van der Waals surface area contributed by atoms with Crippen molar-refractivity contribution in [1.82, 2.24) is 9.47 Å². The van der Waals surface area contributed by atoms with Crippen molar-refractivity contribution in [3.05, 3.63) is 35.7 Å². The highest BCUT2D eigenvalue weighted by molar-refractivity contribution is 5.23. The Labute approximate surface area is 151 Å². The van der Waals surface area contributed by atoms with Gasteiger partial charge in [-0.05, 0) is 54.7 Å². The molecule has 4 nitrogen and oxygen atoms in total. The molecule has 1 N–H and O–H groups in total. The van der Waals surface area contributed by atoms with Gasteiger partial charge < -0.3 is 14.4 Å². The third-order valence-electron chi connectivity index (χ3n) is 7.08. The molecule has 3 aliphatic carbocycles. The average Bonchev–Trinajstić information content (AvgIpc) is 3.07. The first kappa shape index (κ1) is 17.3. The molecule has 0 saturated heterocycles. The molecule has 2 heterocycles. The van der Waals surface area contributed by atoms with E-state index in [9.17, 15) is 5.11 Å². The zero-order valence-electron chi connectivity index (χ0n) is 15.8. The molecule has 4 atom stereocenters. The number of fused-ring (bicyclic) bond motifs is 2. The van der Waals surface area contributed by atoms with Crippen molar-refractivity contribution < 1.29 is 9.84 Å². The molecular weight excluding hydrogens is 312 g/mol. The molecule has 1 fully saturated rings. The van der Waals surface area contributed by atoms with Gasteiger partial charge in [0.15, 0.2) is 0 Å². The molecule has 0 unspecified atom stereocenters. The number of aliphatic hydroxyl groups is 1. The van der Waals surface area contributed by atoms with Crippen LogP contribution in [0.3, 0.4) is 0 Å². The maximum Gasteiger partial charge on any atom is 0.0900 e. The molecule has 2 bridgehead atoms. The summed E-state index contributed by atoms with van der Waals surface area (Å²) in [6.45, 7) is 10.8. The summed E-state index contributed by atoms with van der Waals surface area (Å²) >= 11 is 0. The molecule has 138 valence electrons. The first-order chi connectivity index (χ1) is 12.0. The lowest BCUT2D eigenvalue weighted by atomic mass is 9.49. The molecule has 0 amide bonds. The van der Waals surface area contributed by atoms with E-state index in [-0.39, 0.29) is 0 Å². The fourth-order valence-corrected chi connectivity index (χ4v) is 5.15. The second kappa shape index (κ2) is 6.57. The summed E-state index contributed by atoms with van der Waals surface area (Å²) in [4.78, 5) is 2.36. The number of ether oxygens (including phenoxy) is 1. The lowest BCUT2D eigenvalue weighted by Gasteiger charge is -2.56. The van der Waals surface area contributed by atoms with Gasteiger partial charge in [-0.1, -0.05) is 19.9 Å². The SMILES string of the molecule is C[C@@H]1c2cccn2CCN1C[C@@H](O)COCC1=CC[C@H]2C[C@H]1C2(C)C. The van der Waals surface area contributed by atoms with Gasteiger partial charge in [-0.15, -0.1) is 0 Å². The van der Waals surface area contributed by atoms with Crippen molar-refractivity contribution in [3.8, 4) is 0 Å². The zero-order valence-corrected chi connectivity index (χ0v) is 15.8. The minimum absolute atomic E-state index is 0.354. The van der Waals surface area contributed by atoms with Crippen molar-refractivity contribution in [2.45, 2.75) is 52.3 Å². The monoisotopic (exact) mass is 344 g/mol. The summed E-state index contributed by atoms with van der Waals surface area (Å²) in [5, 5.41) is 10.4. The Morgan fingerprint density at radius 2 is 2.20 bits per heavy atom. The number of aliphatic hydroxyl groups excluding tert-OH is 1. The number of β-amino-alcohol motifs (C(OH)–C–C–N with tert-alkyl or cyclic N) is 1. The summed E-state index contributed by atoms with van der Waals surface area (Å²) in [5.74, 6) is 1.56. The van der Waals surface area contributed by atoms with Crippen LogP contribution >= 0.6 is 0 Å². The summed E-state index contributed by atoms with van der Waals surface area (Å²) < 4.78 is 8.22. The molecule has 0 aromatic carbocycles. The van der Waals surface area contributed by atoms with Gasteiger partial charge in [-0.25, -0.2) is 0 Å². The van der Waals surface area contributed by atoms with Gasteiger partial charge in [0.05, 0.1) is 19.3 Å². The lowest BCUT2D eigenvalue weighted by molar-refractivity contribution is -0.0281. The van der Waals surface area contributed by atoms with Crippen LogP contribution in [0, 0.1) is 17.3 Å². The predicted octanol–water partition coefficient (Wildman–Crippen LogP) is 3.23. The van der Waals surface area contributed by atoms with E-state index in [0.717, 1.165) is 19.0 Å². The number of aromatic nitrogens is 1. The highest BCUT2D eigenvalue weighted by Gasteiger charge is 2.50. The Bertz CT molecular complexity index is 648. The summed E-state index contributed by atoms with van der Waals surface area (Å²) in [5.41, 5.74) is 3.25. The quantitative estimate of drug-likeness (QED) is 0.805. The van der Waals surface area contributed by atoms with Gasteiger partial charge in [-0.2, -0.15) is 0 Å². The van der Waals surface area contributed by atoms with Crippen LogP contribution in [0.25, 0.3) is 0 Å². The van der Waals surface area contributed by atoms with Gasteiger partial charge >= 0.3 is 0 Å². The maximum absolute atomic E-state index is 10.4. The van der Waals surface area contributed by atoms with Crippen LogP contribution in [0.15, 0.2) is 30.0 Å². The first-order valence-electron chi connectivity index (χ1n) is 9.80. The largest absolute Gasteiger partial charge is 0.389 e. The van der Waals surface area contributed by atoms with Crippen LogP contribution in [0.4, 0.5) is 0 Å². The molecule has 4 aliphatic rings. The van der Waals surface area contributed by atoms with Crippen LogP contribution in [0.2, 0.25) is 0 Å². The van der Waals surface area contributed by atoms with Crippen LogP contribution in [0.5, 0.6) is 0 Å². The molecule has 1 aromatic heterocycles. The highest BCUT2D eigenvalue weighted by Crippen LogP contribution is 2.59. The van der Waals surface area contributed by atoms with Gasteiger partial charge in [0.2, 0.25) is 0 Å². The van der Waals surface area contributed by atoms with Gasteiger partial charge in [-0.3, -0.25) is 4.90 Å². The number of allylic oxidation sites excluding steroid dienone is 1. The molecule has 5 rings (SSSR count). The Kier molecular flexibility index (Phi) is 4.55. The van der Waals surface area contributed by atoms with Crippen LogP contribution in [-0.2, 0) is 11.3 Å². The average molecular weight is 344 g/mol. The third-order valence-corrected chi connectivity index (χ3v) is 7.08. The fourth-order valence-electron chi connectivity index (χ4n) is 5.15. The highest BCUT2D eigenvalue weighted by atomic mass is 16.5. The Morgan fingerprint density at radius 3 is 2.96 bits per heavy atom. The van der Waals surface area contributed by atoms with Crippen LogP contribution in [0.1, 0.15) is 45.3 Å². The Balaban J connectivity index is 1.24. The molecule has 25 heavy (non-hydrogen) atoms. The van der Waals surface area contributed by atoms with Crippen molar-refractivity contribution in [1.29, 1.82) is 0 Å². The minimum atomic E-state index is -0.421. The predicted molar refractivity (Wildman–Crippen MR) is 99.3 cm³/mol. The topological polar surface area (TPSA) is 37.6 Å². The number of hydrogen-bond donors (Lipinski definition) is 1. The molecule has 1 aliphatic heterocycles. The summed E-state index contributed by atoms with van der Waals surface area (Å²) in [6.07, 6.45) is 6.64. The van der Waals surface area contributed by atoms with E-state index >= 15 is 0 Å². The van der Waals surface area contributed by atoms with E-state index in [2.05, 4.69) is 54.6 Å². The van der Waals surface area contributed by atoms with E-state index in [0.29, 0.717) is 37.1 Å². The second-order valence-corrected chi connectivity index (χ2v) is 8.79. The first-order valence-corrected chi connectivity index (χ1v) is 9.80. The smallest absolute Gasteiger partial charge is 0.0900 e. The molecule has 4 heteroatoms. The zero-order chi connectivity index (χ0) is 17.6. The fraction of sp³-hybridized carbons (Fsp3) is 0.714. The van der Waals surface area contributed by atoms with Crippen molar-refractivity contribution in [3.63, 3.8) is 0 Å². The Morgan fingerprint density at radius 1 is 1.36 bits per heavy atom. The van der Waals surface area contributed by atoms with Gasteiger partial charge in [0.1, 0.15) is 0 Å². The lowest BCUT2D eigenvalue weighted by Crippen LogP contribution is -2.48. The normalized spacial score (nSPS) is 31.8. The van der Waals surface area contributed by atoms with E-state index in [1.165, 1.54) is 24.1 Å². The number of rotatable bonds is 6. The number of nitrogens with zero attached hydrogens (tertiary/aromatic N) is 2. The van der Waals surface area contributed by atoms with Crippen molar-refractivity contribution >= 4 is 0 Å².